The summed E-state index contributed by atoms with van der Waals surface area (Å²) in [7, 11) is 1.40. The summed E-state index contributed by atoms with van der Waals surface area (Å²) in [6, 6.07) is 7.11. The van der Waals surface area contributed by atoms with Crippen molar-refractivity contribution in [2.45, 2.75) is 32.2 Å². The number of hydrogen-bond acceptors (Lipinski definition) is 4. The Bertz CT molecular complexity index is 665. The van der Waals surface area contributed by atoms with E-state index < -0.39 is 0 Å². The van der Waals surface area contributed by atoms with Gasteiger partial charge in [0.25, 0.3) is 5.91 Å². The third-order valence-electron chi connectivity index (χ3n) is 5.16. The highest BCUT2D eigenvalue weighted by atomic mass is 16.5. The fourth-order valence-corrected chi connectivity index (χ4v) is 3.76. The molecule has 3 rings (SSSR count). The van der Waals surface area contributed by atoms with E-state index in [4.69, 9.17) is 4.74 Å². The Morgan fingerprint density at radius 2 is 1.88 bits per heavy atom. The maximum absolute atomic E-state index is 12.8. The van der Waals surface area contributed by atoms with Crippen molar-refractivity contribution in [1.82, 2.24) is 0 Å². The number of amides is 2. The molecule has 0 saturated carbocycles. The molecular weight excluding hydrogens is 308 g/mol. The van der Waals surface area contributed by atoms with Gasteiger partial charge in [0.05, 0.1) is 38.2 Å². The second-order valence-corrected chi connectivity index (χ2v) is 6.57. The van der Waals surface area contributed by atoms with Crippen LogP contribution in [0.3, 0.4) is 0 Å². The maximum Gasteiger partial charge on any atom is 0.309 e. The third kappa shape index (κ3) is 2.94. The third-order valence-corrected chi connectivity index (χ3v) is 5.16. The first-order valence-electron chi connectivity index (χ1n) is 8.37. The zero-order valence-corrected chi connectivity index (χ0v) is 14.1. The van der Waals surface area contributed by atoms with Crippen LogP contribution in [0.5, 0.6) is 0 Å². The summed E-state index contributed by atoms with van der Waals surface area (Å²) in [5.74, 6) is -0.523. The molecule has 2 fully saturated rings. The summed E-state index contributed by atoms with van der Waals surface area (Å²) >= 11 is 0. The summed E-state index contributed by atoms with van der Waals surface area (Å²) in [5, 5.41) is 0. The minimum Gasteiger partial charge on any atom is -0.469 e. The molecule has 0 bridgehead atoms. The minimum atomic E-state index is -0.337. The van der Waals surface area contributed by atoms with E-state index in [1.807, 2.05) is 31.2 Å². The Morgan fingerprint density at radius 3 is 2.50 bits per heavy atom. The summed E-state index contributed by atoms with van der Waals surface area (Å²) in [6.45, 7) is 3.33. The van der Waals surface area contributed by atoms with E-state index in [0.717, 1.165) is 10.5 Å². The van der Waals surface area contributed by atoms with Crippen LogP contribution in [0.15, 0.2) is 24.3 Å². The highest BCUT2D eigenvalue weighted by Gasteiger charge is 2.47. The number of nitrogens with zero attached hydrogens (tertiary/aromatic N) is 1. The van der Waals surface area contributed by atoms with Crippen LogP contribution in [-0.2, 0) is 19.1 Å². The van der Waals surface area contributed by atoms with Gasteiger partial charge in [-0.1, -0.05) is 18.2 Å². The average molecular weight is 331 g/mol. The number of hydrogen-bond donors (Lipinski definition) is 1. The first-order valence-corrected chi connectivity index (χ1v) is 8.37. The zero-order chi connectivity index (χ0) is 17.3. The number of aryl methyl sites for hydroxylation is 1. The van der Waals surface area contributed by atoms with Crippen molar-refractivity contribution in [3.05, 3.63) is 29.8 Å². The predicted molar refractivity (Wildman–Crippen MR) is 87.5 cm³/mol. The van der Waals surface area contributed by atoms with Gasteiger partial charge in [0.2, 0.25) is 5.91 Å². The van der Waals surface area contributed by atoms with Gasteiger partial charge in [-0.15, -0.1) is 0 Å². The van der Waals surface area contributed by atoms with Crippen molar-refractivity contribution >= 4 is 23.5 Å². The first-order chi connectivity index (χ1) is 11.5. The minimum absolute atomic E-state index is 0.0848. The number of para-hydroxylation sites is 1. The normalized spacial score (nSPS) is 27.4. The van der Waals surface area contributed by atoms with Gasteiger partial charge in [-0.3, -0.25) is 14.4 Å². The molecule has 0 spiro atoms. The second kappa shape index (κ2) is 6.73. The van der Waals surface area contributed by atoms with Crippen molar-refractivity contribution in [2.24, 2.45) is 5.92 Å². The number of carbonyl (C=O) groups is 3. The van der Waals surface area contributed by atoms with Crippen molar-refractivity contribution in [2.75, 3.05) is 25.1 Å². The smallest absolute Gasteiger partial charge is 0.309 e. The predicted octanol–water partition coefficient (Wildman–Crippen LogP) is 0.0948. The van der Waals surface area contributed by atoms with Crippen molar-refractivity contribution in [3.63, 3.8) is 0 Å². The lowest BCUT2D eigenvalue weighted by atomic mass is 9.95. The zero-order valence-electron chi connectivity index (χ0n) is 14.1. The van der Waals surface area contributed by atoms with Crippen molar-refractivity contribution in [3.8, 4) is 0 Å². The average Bonchev–Trinajstić information content (AvgIpc) is 2.89. The van der Waals surface area contributed by atoms with Crippen LogP contribution in [0.4, 0.5) is 5.69 Å². The number of ether oxygens (including phenoxy) is 1. The Morgan fingerprint density at radius 1 is 1.21 bits per heavy atom. The molecule has 1 aromatic rings. The molecule has 6 nitrogen and oxygen atoms in total. The van der Waals surface area contributed by atoms with Crippen LogP contribution >= 0.6 is 0 Å². The molecule has 1 aromatic carbocycles. The molecule has 0 aromatic heterocycles. The molecular formula is C18H23N2O4+. The van der Waals surface area contributed by atoms with E-state index in [0.29, 0.717) is 31.6 Å². The van der Waals surface area contributed by atoms with Crippen LogP contribution in [0, 0.1) is 12.8 Å². The molecule has 2 amide bonds. The number of rotatable bonds is 3. The van der Waals surface area contributed by atoms with Gasteiger partial charge in [-0.2, -0.15) is 0 Å². The summed E-state index contributed by atoms with van der Waals surface area (Å²) in [5.41, 5.74) is 1.60. The van der Waals surface area contributed by atoms with E-state index in [-0.39, 0.29) is 36.2 Å². The molecule has 24 heavy (non-hydrogen) atoms. The fourth-order valence-electron chi connectivity index (χ4n) is 3.76. The monoisotopic (exact) mass is 331 g/mol. The van der Waals surface area contributed by atoms with Gasteiger partial charge >= 0.3 is 5.97 Å². The number of benzene rings is 1. The van der Waals surface area contributed by atoms with Gasteiger partial charge in [-0.25, -0.2) is 4.90 Å². The van der Waals surface area contributed by atoms with E-state index >= 15 is 0 Å². The van der Waals surface area contributed by atoms with Crippen molar-refractivity contribution in [1.29, 1.82) is 0 Å². The van der Waals surface area contributed by atoms with E-state index in [1.165, 1.54) is 12.0 Å². The van der Waals surface area contributed by atoms with Gasteiger partial charge < -0.3 is 9.64 Å². The summed E-state index contributed by atoms with van der Waals surface area (Å²) in [6.07, 6.45) is 1.64. The van der Waals surface area contributed by atoms with Gasteiger partial charge in [0.15, 0.2) is 6.04 Å². The molecule has 2 heterocycles. The lowest BCUT2D eigenvalue weighted by Crippen LogP contribution is -3.17. The van der Waals surface area contributed by atoms with Crippen molar-refractivity contribution < 1.29 is 24.0 Å². The highest BCUT2D eigenvalue weighted by Crippen LogP contribution is 2.25. The first kappa shape index (κ1) is 16.6. The van der Waals surface area contributed by atoms with Gasteiger partial charge in [0.1, 0.15) is 0 Å². The lowest BCUT2D eigenvalue weighted by molar-refractivity contribution is -0.920. The number of anilines is 1. The number of esters is 1. The number of nitrogens with one attached hydrogen (secondary N) is 1. The number of carbonyl (C=O) groups excluding carboxylic acids is 3. The van der Waals surface area contributed by atoms with Gasteiger partial charge in [-0.05, 0) is 18.6 Å². The Kier molecular flexibility index (Phi) is 4.66. The fraction of sp³-hybridized carbons (Fsp3) is 0.500. The Labute approximate surface area is 141 Å². The SMILES string of the molecule is COC(=O)C1CC[NH+]([C@@H]2CC(=O)N(c3ccccc3C)C2=O)CC1. The molecule has 1 N–H and O–H groups in total. The quantitative estimate of drug-likeness (QED) is 0.630. The largest absolute Gasteiger partial charge is 0.469 e. The standard InChI is InChI=1S/C18H22N2O4/c1-12-5-3-4-6-14(12)20-16(21)11-15(17(20)22)19-9-7-13(8-10-19)18(23)24-2/h3-6,13,15H,7-11H2,1-2H3/p+1/t15-/m1/s1. The number of methoxy groups -OCH3 is 1. The van der Waals surface area contributed by atoms with Crippen LogP contribution in [0.25, 0.3) is 0 Å². The van der Waals surface area contributed by atoms with Crippen LogP contribution in [0.2, 0.25) is 0 Å². The highest BCUT2D eigenvalue weighted by molar-refractivity contribution is 6.22. The molecule has 2 saturated heterocycles. The van der Waals surface area contributed by atoms with Crippen LogP contribution in [-0.4, -0.2) is 44.0 Å². The van der Waals surface area contributed by atoms with Gasteiger partial charge in [0, 0.05) is 12.8 Å². The molecule has 128 valence electrons. The Balaban J connectivity index is 1.71. The summed E-state index contributed by atoms with van der Waals surface area (Å²) in [4.78, 5) is 39.3. The number of quaternary nitrogens is 1. The lowest BCUT2D eigenvalue weighted by Gasteiger charge is -2.30. The van der Waals surface area contributed by atoms with Crippen LogP contribution < -0.4 is 9.80 Å². The van der Waals surface area contributed by atoms with E-state index in [1.54, 1.807) is 0 Å². The Hall–Kier alpha value is -2.21. The summed E-state index contributed by atoms with van der Waals surface area (Å²) < 4.78 is 4.80. The number of imide groups is 1. The molecule has 2 aliphatic heterocycles. The molecule has 0 unspecified atom stereocenters. The molecule has 0 aliphatic carbocycles. The maximum atomic E-state index is 12.8. The topological polar surface area (TPSA) is 68.1 Å². The van der Waals surface area contributed by atoms with Crippen LogP contribution in [0.1, 0.15) is 24.8 Å². The molecule has 1 atom stereocenters. The molecule has 2 aliphatic rings. The van der Waals surface area contributed by atoms with E-state index in [9.17, 15) is 14.4 Å². The molecule has 0 radical (unpaired) electrons. The van der Waals surface area contributed by atoms with E-state index in [2.05, 4.69) is 0 Å². The number of likely N-dealkylation sites (tertiary alicyclic amines) is 1. The second-order valence-electron chi connectivity index (χ2n) is 6.57. The number of piperidine rings is 1. The molecule has 6 heteroatoms.